The fourth-order valence-electron chi connectivity index (χ4n) is 1.71. The first-order chi connectivity index (χ1) is 10.8. The molecule has 0 saturated heterocycles. The number of nitrogens with one attached hydrogen (secondary N) is 1. The molecule has 7 heteroatoms. The average molecular weight is 307 g/mol. The van der Waals surface area contributed by atoms with Crippen LogP contribution in [0, 0.1) is 5.82 Å². The highest BCUT2D eigenvalue weighted by atomic mass is 19.1. The minimum Gasteiger partial charge on any atom is -0.481 e. The number of rotatable bonds is 9. The molecule has 0 bridgehead atoms. The topological polar surface area (TPSA) is 65.4 Å². The molecule has 1 aromatic heterocycles. The Kier molecular flexibility index (Phi) is 6.38. The maximum atomic E-state index is 13.3. The lowest BCUT2D eigenvalue weighted by atomic mass is 10.3. The lowest BCUT2D eigenvalue weighted by Gasteiger charge is -2.08. The number of nitrogens with zero attached hydrogens (tertiary/aromatic N) is 2. The molecule has 0 aliphatic heterocycles. The first kappa shape index (κ1) is 16.0. The van der Waals surface area contributed by atoms with Gasteiger partial charge in [0.15, 0.2) is 18.2 Å². The number of para-hydroxylation sites is 1. The maximum Gasteiger partial charge on any atom is 0.258 e. The molecular formula is C15H18FN3O3. The molecule has 1 aromatic carbocycles. The Bertz CT molecular complexity index is 575. The van der Waals surface area contributed by atoms with Gasteiger partial charge in [0.2, 0.25) is 0 Å². The quantitative estimate of drug-likeness (QED) is 0.708. The highest BCUT2D eigenvalue weighted by molar-refractivity contribution is 5.77. The van der Waals surface area contributed by atoms with Crippen molar-refractivity contribution in [3.63, 3.8) is 0 Å². The SMILES string of the molecule is O=C(COc1ccccc1F)NCCOCCn1cccn1. The molecule has 6 nitrogen and oxygen atoms in total. The summed E-state index contributed by atoms with van der Waals surface area (Å²) >= 11 is 0. The summed E-state index contributed by atoms with van der Waals surface area (Å²) in [5.41, 5.74) is 0. The normalized spacial score (nSPS) is 10.4. The molecule has 1 N–H and O–H groups in total. The van der Waals surface area contributed by atoms with Crippen LogP contribution in [0.25, 0.3) is 0 Å². The second-order valence-electron chi connectivity index (χ2n) is 4.45. The van der Waals surface area contributed by atoms with E-state index >= 15 is 0 Å². The van der Waals surface area contributed by atoms with Gasteiger partial charge < -0.3 is 14.8 Å². The van der Waals surface area contributed by atoms with E-state index in [0.29, 0.717) is 26.3 Å². The molecule has 0 saturated carbocycles. The van der Waals surface area contributed by atoms with Crippen LogP contribution >= 0.6 is 0 Å². The fourth-order valence-corrected chi connectivity index (χ4v) is 1.71. The average Bonchev–Trinajstić information content (AvgIpc) is 3.03. The Morgan fingerprint density at radius 3 is 2.91 bits per heavy atom. The van der Waals surface area contributed by atoms with Crippen LogP contribution in [0.5, 0.6) is 5.75 Å². The highest BCUT2D eigenvalue weighted by Crippen LogP contribution is 2.14. The van der Waals surface area contributed by atoms with E-state index in [0.717, 1.165) is 0 Å². The van der Waals surface area contributed by atoms with Crippen LogP contribution in [0.2, 0.25) is 0 Å². The first-order valence-electron chi connectivity index (χ1n) is 6.95. The van der Waals surface area contributed by atoms with Gasteiger partial charge in [-0.15, -0.1) is 0 Å². The summed E-state index contributed by atoms with van der Waals surface area (Å²) < 4.78 is 25.5. The Morgan fingerprint density at radius 1 is 1.27 bits per heavy atom. The lowest BCUT2D eigenvalue weighted by Crippen LogP contribution is -2.32. The molecule has 0 fully saturated rings. The van der Waals surface area contributed by atoms with Gasteiger partial charge in [-0.05, 0) is 18.2 Å². The van der Waals surface area contributed by atoms with Crippen molar-refractivity contribution in [1.82, 2.24) is 15.1 Å². The minimum absolute atomic E-state index is 0.0631. The third-order valence-corrected chi connectivity index (χ3v) is 2.79. The standard InChI is InChI=1S/C15H18FN3O3/c16-13-4-1-2-5-14(13)22-12-15(20)17-7-10-21-11-9-19-8-3-6-18-19/h1-6,8H,7,9-12H2,(H,17,20). The number of aromatic nitrogens is 2. The molecule has 22 heavy (non-hydrogen) atoms. The summed E-state index contributed by atoms with van der Waals surface area (Å²) in [4.78, 5) is 11.5. The lowest BCUT2D eigenvalue weighted by molar-refractivity contribution is -0.123. The molecule has 118 valence electrons. The van der Waals surface area contributed by atoms with Crippen LogP contribution in [-0.4, -0.2) is 42.1 Å². The van der Waals surface area contributed by atoms with Gasteiger partial charge in [-0.3, -0.25) is 9.48 Å². The van der Waals surface area contributed by atoms with Crippen molar-refractivity contribution in [2.24, 2.45) is 0 Å². The molecule has 2 aromatic rings. The van der Waals surface area contributed by atoms with Crippen LogP contribution in [0.1, 0.15) is 0 Å². The van der Waals surface area contributed by atoms with Crippen molar-refractivity contribution in [3.05, 3.63) is 48.5 Å². The number of halogens is 1. The third-order valence-electron chi connectivity index (χ3n) is 2.79. The Hall–Kier alpha value is -2.41. The number of benzene rings is 1. The number of hydrogen-bond donors (Lipinski definition) is 1. The van der Waals surface area contributed by atoms with Gasteiger partial charge in [-0.2, -0.15) is 5.10 Å². The summed E-state index contributed by atoms with van der Waals surface area (Å²) in [5, 5.41) is 6.67. The zero-order valence-electron chi connectivity index (χ0n) is 12.1. The largest absolute Gasteiger partial charge is 0.481 e. The van der Waals surface area contributed by atoms with Crippen molar-refractivity contribution in [1.29, 1.82) is 0 Å². The first-order valence-corrected chi connectivity index (χ1v) is 6.95. The second-order valence-corrected chi connectivity index (χ2v) is 4.45. The molecule has 0 spiro atoms. The molecular weight excluding hydrogens is 289 g/mol. The summed E-state index contributed by atoms with van der Waals surface area (Å²) in [7, 11) is 0. The van der Waals surface area contributed by atoms with Gasteiger partial charge in [0.05, 0.1) is 19.8 Å². The number of carbonyl (C=O) groups excluding carboxylic acids is 1. The molecule has 0 radical (unpaired) electrons. The number of amides is 1. The predicted molar refractivity (Wildman–Crippen MR) is 78.0 cm³/mol. The Balaban J connectivity index is 1.52. The molecule has 0 atom stereocenters. The molecule has 1 amide bonds. The number of hydrogen-bond acceptors (Lipinski definition) is 4. The van der Waals surface area contributed by atoms with Crippen LogP contribution in [0.15, 0.2) is 42.7 Å². The van der Waals surface area contributed by atoms with E-state index in [2.05, 4.69) is 10.4 Å². The molecule has 0 unspecified atom stereocenters. The van der Waals surface area contributed by atoms with Gasteiger partial charge in [0.1, 0.15) is 0 Å². The van der Waals surface area contributed by atoms with Crippen LogP contribution in [0.4, 0.5) is 4.39 Å². The van der Waals surface area contributed by atoms with Gasteiger partial charge in [-0.25, -0.2) is 4.39 Å². The zero-order valence-corrected chi connectivity index (χ0v) is 12.1. The van der Waals surface area contributed by atoms with Crippen molar-refractivity contribution in [2.45, 2.75) is 6.54 Å². The van der Waals surface area contributed by atoms with E-state index in [4.69, 9.17) is 9.47 Å². The van der Waals surface area contributed by atoms with Gasteiger partial charge >= 0.3 is 0 Å². The van der Waals surface area contributed by atoms with E-state index in [9.17, 15) is 9.18 Å². The van der Waals surface area contributed by atoms with E-state index < -0.39 is 5.82 Å². The van der Waals surface area contributed by atoms with Gasteiger partial charge in [0.25, 0.3) is 5.91 Å². The summed E-state index contributed by atoms with van der Waals surface area (Å²) in [6.45, 7) is 1.72. The predicted octanol–water partition coefficient (Wildman–Crippen LogP) is 1.23. The Morgan fingerprint density at radius 2 is 2.14 bits per heavy atom. The molecule has 0 aliphatic carbocycles. The van der Waals surface area contributed by atoms with Crippen molar-refractivity contribution in [2.75, 3.05) is 26.4 Å². The summed E-state index contributed by atoms with van der Waals surface area (Å²) in [6, 6.07) is 7.80. The van der Waals surface area contributed by atoms with Crippen LogP contribution < -0.4 is 10.1 Å². The van der Waals surface area contributed by atoms with Gasteiger partial charge in [-0.1, -0.05) is 12.1 Å². The Labute approximate surface area is 127 Å². The van der Waals surface area contributed by atoms with Gasteiger partial charge in [0, 0.05) is 18.9 Å². The van der Waals surface area contributed by atoms with Crippen LogP contribution in [-0.2, 0) is 16.1 Å². The summed E-state index contributed by atoms with van der Waals surface area (Å²) in [6.07, 6.45) is 3.56. The summed E-state index contributed by atoms with van der Waals surface area (Å²) in [5.74, 6) is -0.746. The smallest absolute Gasteiger partial charge is 0.258 e. The second kappa shape index (κ2) is 8.78. The van der Waals surface area contributed by atoms with E-state index in [1.807, 2.05) is 12.3 Å². The zero-order chi connectivity index (χ0) is 15.6. The number of carbonyl (C=O) groups is 1. The van der Waals surface area contributed by atoms with E-state index in [-0.39, 0.29) is 18.3 Å². The van der Waals surface area contributed by atoms with E-state index in [1.165, 1.54) is 12.1 Å². The maximum absolute atomic E-state index is 13.3. The van der Waals surface area contributed by atoms with Crippen molar-refractivity contribution < 1.29 is 18.7 Å². The number of ether oxygens (including phenoxy) is 2. The molecule has 1 heterocycles. The third kappa shape index (κ3) is 5.53. The van der Waals surface area contributed by atoms with E-state index in [1.54, 1.807) is 23.0 Å². The molecule has 0 aliphatic rings. The monoisotopic (exact) mass is 307 g/mol. The minimum atomic E-state index is -0.489. The molecule has 2 rings (SSSR count). The van der Waals surface area contributed by atoms with Crippen molar-refractivity contribution in [3.8, 4) is 5.75 Å². The van der Waals surface area contributed by atoms with Crippen molar-refractivity contribution >= 4 is 5.91 Å². The fraction of sp³-hybridized carbons (Fsp3) is 0.333. The van der Waals surface area contributed by atoms with Crippen LogP contribution in [0.3, 0.4) is 0 Å². The highest BCUT2D eigenvalue weighted by Gasteiger charge is 2.05.